The van der Waals surface area contributed by atoms with Gasteiger partial charge in [0, 0.05) is 11.7 Å². The Labute approximate surface area is 95.8 Å². The van der Waals surface area contributed by atoms with Gasteiger partial charge < -0.3 is 5.32 Å². The summed E-state index contributed by atoms with van der Waals surface area (Å²) in [6, 6.07) is 1.13. The van der Waals surface area contributed by atoms with Crippen LogP contribution >= 0.6 is 0 Å². The van der Waals surface area contributed by atoms with Crippen molar-refractivity contribution in [3.8, 4) is 0 Å². The number of halogens is 3. The van der Waals surface area contributed by atoms with E-state index in [-0.39, 0.29) is 18.5 Å². The third-order valence-electron chi connectivity index (χ3n) is 2.51. The van der Waals surface area contributed by atoms with Crippen LogP contribution in [0.15, 0.2) is 6.07 Å². The number of hydrogen-bond donors (Lipinski definition) is 1. The highest BCUT2D eigenvalue weighted by molar-refractivity contribution is 5.76. The van der Waals surface area contributed by atoms with E-state index in [1.165, 1.54) is 6.92 Å². The van der Waals surface area contributed by atoms with E-state index in [4.69, 9.17) is 0 Å². The van der Waals surface area contributed by atoms with Crippen LogP contribution in [-0.4, -0.2) is 21.7 Å². The molecular weight excluding hydrogens is 235 g/mol. The molecule has 1 N–H and O–H groups in total. The minimum absolute atomic E-state index is 0.168. The highest BCUT2D eigenvalue weighted by Gasteiger charge is 2.34. The van der Waals surface area contributed by atoms with Gasteiger partial charge in [-0.2, -0.15) is 18.3 Å². The Morgan fingerprint density at radius 3 is 2.71 bits per heavy atom. The van der Waals surface area contributed by atoms with Crippen molar-refractivity contribution in [2.24, 2.45) is 0 Å². The van der Waals surface area contributed by atoms with Crippen LogP contribution in [-0.2, 0) is 17.5 Å². The van der Waals surface area contributed by atoms with Gasteiger partial charge in [-0.1, -0.05) is 0 Å². The summed E-state index contributed by atoms with van der Waals surface area (Å²) < 4.78 is 38.2. The first-order chi connectivity index (χ1) is 7.86. The topological polar surface area (TPSA) is 46.9 Å². The van der Waals surface area contributed by atoms with Crippen LogP contribution in [0.1, 0.15) is 24.2 Å². The van der Waals surface area contributed by atoms with Crippen LogP contribution in [0, 0.1) is 6.92 Å². The van der Waals surface area contributed by atoms with Crippen molar-refractivity contribution >= 4 is 5.91 Å². The second-order valence-electron chi connectivity index (χ2n) is 4.17. The Bertz CT molecular complexity index is 434. The monoisotopic (exact) mass is 247 g/mol. The summed E-state index contributed by atoms with van der Waals surface area (Å²) in [5, 5.41) is 6.08. The molecular formula is C10H12F3N3O. The molecule has 2 rings (SSSR count). The smallest absolute Gasteiger partial charge is 0.352 e. The predicted molar refractivity (Wildman–Crippen MR) is 53.1 cm³/mol. The quantitative estimate of drug-likeness (QED) is 0.879. The van der Waals surface area contributed by atoms with Gasteiger partial charge in [0.05, 0.1) is 0 Å². The molecule has 1 amide bonds. The predicted octanol–water partition coefficient (Wildman–Crippen LogP) is 1.49. The van der Waals surface area contributed by atoms with Crippen LogP contribution < -0.4 is 5.32 Å². The molecule has 0 aliphatic heterocycles. The number of nitrogens with one attached hydrogen (secondary N) is 1. The summed E-state index contributed by atoms with van der Waals surface area (Å²) in [4.78, 5) is 11.4. The zero-order valence-electron chi connectivity index (χ0n) is 9.21. The summed E-state index contributed by atoms with van der Waals surface area (Å²) in [5.74, 6) is -0.299. The first-order valence-corrected chi connectivity index (χ1v) is 5.27. The number of carbonyl (C=O) groups excluding carboxylic acids is 1. The van der Waals surface area contributed by atoms with E-state index in [0.29, 0.717) is 5.69 Å². The van der Waals surface area contributed by atoms with Crippen molar-refractivity contribution in [3.63, 3.8) is 0 Å². The normalized spacial score (nSPS) is 16.0. The molecule has 94 valence electrons. The maximum Gasteiger partial charge on any atom is 0.435 e. The lowest BCUT2D eigenvalue weighted by molar-refractivity contribution is -0.141. The number of hydrogen-bond acceptors (Lipinski definition) is 2. The number of alkyl halides is 3. The van der Waals surface area contributed by atoms with Crippen LogP contribution in [0.4, 0.5) is 13.2 Å². The van der Waals surface area contributed by atoms with Gasteiger partial charge in [0.1, 0.15) is 6.54 Å². The fraction of sp³-hybridized carbons (Fsp3) is 0.600. The lowest BCUT2D eigenvalue weighted by atomic mass is 10.3. The largest absolute Gasteiger partial charge is 0.435 e. The van der Waals surface area contributed by atoms with Crippen molar-refractivity contribution < 1.29 is 18.0 Å². The molecule has 17 heavy (non-hydrogen) atoms. The minimum Gasteiger partial charge on any atom is -0.352 e. The van der Waals surface area contributed by atoms with E-state index in [9.17, 15) is 18.0 Å². The summed E-state index contributed by atoms with van der Waals surface area (Å²) in [7, 11) is 0. The van der Waals surface area contributed by atoms with Crippen LogP contribution in [0.5, 0.6) is 0 Å². The Hall–Kier alpha value is -1.53. The fourth-order valence-corrected chi connectivity index (χ4v) is 1.45. The van der Waals surface area contributed by atoms with Gasteiger partial charge in [-0.25, -0.2) is 0 Å². The van der Waals surface area contributed by atoms with Crippen molar-refractivity contribution in [2.75, 3.05) is 0 Å². The SMILES string of the molecule is Cc1cc(C(F)(F)F)nn1CC(=O)NC1CC1. The number of carbonyl (C=O) groups is 1. The average molecular weight is 247 g/mol. The fourth-order valence-electron chi connectivity index (χ4n) is 1.45. The number of nitrogens with zero attached hydrogens (tertiary/aromatic N) is 2. The van der Waals surface area contributed by atoms with E-state index in [0.717, 1.165) is 23.6 Å². The van der Waals surface area contributed by atoms with Crippen molar-refractivity contribution in [1.29, 1.82) is 0 Å². The van der Waals surface area contributed by atoms with E-state index < -0.39 is 11.9 Å². The van der Waals surface area contributed by atoms with E-state index in [1.807, 2.05) is 0 Å². The number of rotatable bonds is 3. The van der Waals surface area contributed by atoms with Crippen LogP contribution in [0.2, 0.25) is 0 Å². The van der Waals surface area contributed by atoms with Crippen LogP contribution in [0.3, 0.4) is 0 Å². The first kappa shape index (κ1) is 11.9. The standard InChI is InChI=1S/C10H12F3N3O/c1-6-4-8(10(11,12)13)15-16(6)5-9(17)14-7-2-3-7/h4,7H,2-3,5H2,1H3,(H,14,17). The van der Waals surface area contributed by atoms with Crippen molar-refractivity contribution in [3.05, 3.63) is 17.5 Å². The molecule has 1 saturated carbocycles. The Morgan fingerprint density at radius 1 is 1.59 bits per heavy atom. The number of aryl methyl sites for hydroxylation is 1. The van der Waals surface area contributed by atoms with Gasteiger partial charge >= 0.3 is 6.18 Å². The van der Waals surface area contributed by atoms with Gasteiger partial charge in [0.25, 0.3) is 0 Å². The van der Waals surface area contributed by atoms with Gasteiger partial charge in [-0.15, -0.1) is 0 Å². The molecule has 1 aliphatic carbocycles. The van der Waals surface area contributed by atoms with E-state index in [2.05, 4.69) is 10.4 Å². The molecule has 4 nitrogen and oxygen atoms in total. The zero-order chi connectivity index (χ0) is 12.6. The Balaban J connectivity index is 2.04. The summed E-state index contributed by atoms with van der Waals surface area (Å²) in [5.41, 5.74) is -0.641. The van der Waals surface area contributed by atoms with Crippen molar-refractivity contribution in [1.82, 2.24) is 15.1 Å². The molecule has 0 radical (unpaired) electrons. The maximum atomic E-state index is 12.4. The van der Waals surface area contributed by atoms with E-state index >= 15 is 0 Å². The molecule has 1 aromatic rings. The molecule has 0 unspecified atom stereocenters. The molecule has 1 aromatic heterocycles. The summed E-state index contributed by atoms with van der Waals surface area (Å²) >= 11 is 0. The molecule has 0 aromatic carbocycles. The Kier molecular flexibility index (Phi) is 2.84. The molecule has 7 heteroatoms. The first-order valence-electron chi connectivity index (χ1n) is 5.27. The second-order valence-corrected chi connectivity index (χ2v) is 4.17. The third kappa shape index (κ3) is 2.98. The molecule has 0 atom stereocenters. The zero-order valence-corrected chi connectivity index (χ0v) is 9.21. The van der Waals surface area contributed by atoms with Gasteiger partial charge in [-0.05, 0) is 25.8 Å². The third-order valence-corrected chi connectivity index (χ3v) is 2.51. The number of aromatic nitrogens is 2. The van der Waals surface area contributed by atoms with Gasteiger partial charge in [0.15, 0.2) is 5.69 Å². The second kappa shape index (κ2) is 4.05. The molecule has 1 heterocycles. The summed E-state index contributed by atoms with van der Waals surface area (Å²) in [6.45, 7) is 1.32. The molecule has 0 bridgehead atoms. The van der Waals surface area contributed by atoms with Crippen LogP contribution in [0.25, 0.3) is 0 Å². The van der Waals surface area contributed by atoms with Gasteiger partial charge in [0.2, 0.25) is 5.91 Å². The molecule has 0 saturated heterocycles. The summed E-state index contributed by atoms with van der Waals surface area (Å²) in [6.07, 6.45) is -2.59. The lowest BCUT2D eigenvalue weighted by Crippen LogP contribution is -2.30. The van der Waals surface area contributed by atoms with Crippen molar-refractivity contribution in [2.45, 2.75) is 38.5 Å². The molecule has 0 spiro atoms. The molecule has 1 fully saturated rings. The maximum absolute atomic E-state index is 12.4. The van der Waals surface area contributed by atoms with Gasteiger partial charge in [-0.3, -0.25) is 9.48 Å². The minimum atomic E-state index is -4.47. The highest BCUT2D eigenvalue weighted by atomic mass is 19.4. The Morgan fingerprint density at radius 2 is 2.24 bits per heavy atom. The average Bonchev–Trinajstić information content (AvgIpc) is 2.90. The lowest BCUT2D eigenvalue weighted by Gasteiger charge is -2.05. The molecule has 1 aliphatic rings. The highest BCUT2D eigenvalue weighted by Crippen LogP contribution is 2.28. The number of amides is 1. The van der Waals surface area contributed by atoms with E-state index in [1.54, 1.807) is 0 Å².